The Morgan fingerprint density at radius 1 is 1.05 bits per heavy atom. The van der Waals surface area contributed by atoms with Gasteiger partial charge in [0.2, 0.25) is 0 Å². The highest BCUT2D eigenvalue weighted by Gasteiger charge is 2.56. The fraction of sp³-hybridized carbons (Fsp3) is 1.00. The maximum Gasteiger partial charge on any atom is 0.453 e. The van der Waals surface area contributed by atoms with E-state index >= 15 is 0 Å². The average molecular weight is 290 g/mol. The molecule has 1 aliphatic rings. The van der Waals surface area contributed by atoms with Crippen LogP contribution >= 0.6 is 0 Å². The van der Waals surface area contributed by atoms with Gasteiger partial charge in [-0.3, -0.25) is 0 Å². The standard InChI is InChI=1S/C12H19F5O2/c13-11(14,12(15,16)17)6-2-4-7-18-9-10-5-1-3-8-19-10/h10H,1-9H2. The quantitative estimate of drug-likeness (QED) is 0.522. The van der Waals surface area contributed by atoms with E-state index in [4.69, 9.17) is 9.47 Å². The zero-order valence-electron chi connectivity index (χ0n) is 10.6. The molecule has 0 aromatic carbocycles. The van der Waals surface area contributed by atoms with E-state index in [1.54, 1.807) is 0 Å². The van der Waals surface area contributed by atoms with Crippen LogP contribution in [0.2, 0.25) is 0 Å². The second-order valence-corrected chi connectivity index (χ2v) is 4.72. The molecule has 1 rings (SSSR count). The first-order valence-electron chi connectivity index (χ1n) is 6.47. The molecule has 0 amide bonds. The minimum absolute atomic E-state index is 0.0327. The summed E-state index contributed by atoms with van der Waals surface area (Å²) in [7, 11) is 0. The van der Waals surface area contributed by atoms with Crippen molar-refractivity contribution >= 4 is 0 Å². The van der Waals surface area contributed by atoms with Gasteiger partial charge in [-0.2, -0.15) is 22.0 Å². The number of unbranched alkanes of at least 4 members (excludes halogenated alkanes) is 1. The van der Waals surface area contributed by atoms with E-state index in [9.17, 15) is 22.0 Å². The topological polar surface area (TPSA) is 18.5 Å². The van der Waals surface area contributed by atoms with Gasteiger partial charge >= 0.3 is 12.1 Å². The smallest absolute Gasteiger partial charge is 0.379 e. The summed E-state index contributed by atoms with van der Waals surface area (Å²) in [6.45, 7) is 1.27. The third-order valence-corrected chi connectivity index (χ3v) is 3.02. The van der Waals surface area contributed by atoms with Crippen LogP contribution in [0.25, 0.3) is 0 Å². The minimum atomic E-state index is -5.45. The van der Waals surface area contributed by atoms with Crippen LogP contribution in [0, 0.1) is 0 Å². The van der Waals surface area contributed by atoms with Crippen LogP contribution in [0.5, 0.6) is 0 Å². The molecule has 2 nitrogen and oxygen atoms in total. The van der Waals surface area contributed by atoms with Crippen LogP contribution in [0.3, 0.4) is 0 Å². The summed E-state index contributed by atoms with van der Waals surface area (Å²) < 4.78 is 71.3. The lowest BCUT2D eigenvalue weighted by molar-refractivity contribution is -0.284. The Bertz CT molecular complexity index is 249. The molecule has 114 valence electrons. The molecular weight excluding hydrogens is 271 g/mol. The molecule has 1 atom stereocenters. The molecule has 1 fully saturated rings. The van der Waals surface area contributed by atoms with Gasteiger partial charge in [0.25, 0.3) is 0 Å². The molecule has 0 aliphatic carbocycles. The number of hydrogen-bond donors (Lipinski definition) is 0. The van der Waals surface area contributed by atoms with Crippen molar-refractivity contribution in [2.75, 3.05) is 19.8 Å². The predicted molar refractivity (Wildman–Crippen MR) is 59.3 cm³/mol. The summed E-state index contributed by atoms with van der Waals surface area (Å²) in [5, 5.41) is 0. The molecule has 0 radical (unpaired) electrons. The predicted octanol–water partition coefficient (Wildman–Crippen LogP) is 3.94. The molecule has 0 saturated carbocycles. The van der Waals surface area contributed by atoms with Gasteiger partial charge in [0, 0.05) is 19.6 Å². The Labute approximate surface area is 109 Å². The third kappa shape index (κ3) is 6.03. The van der Waals surface area contributed by atoms with Gasteiger partial charge in [0.1, 0.15) is 0 Å². The lowest BCUT2D eigenvalue weighted by atomic mass is 10.1. The van der Waals surface area contributed by atoms with Crippen molar-refractivity contribution in [3.63, 3.8) is 0 Å². The summed E-state index contributed by atoms with van der Waals surface area (Å²) in [5.74, 6) is -4.60. The molecule has 1 saturated heterocycles. The lowest BCUT2D eigenvalue weighted by Crippen LogP contribution is -2.36. The second kappa shape index (κ2) is 7.38. The normalized spacial score (nSPS) is 21.6. The molecule has 19 heavy (non-hydrogen) atoms. The van der Waals surface area contributed by atoms with E-state index in [1.807, 2.05) is 0 Å². The Morgan fingerprint density at radius 3 is 2.37 bits per heavy atom. The number of ether oxygens (including phenoxy) is 2. The number of hydrogen-bond acceptors (Lipinski definition) is 2. The van der Waals surface area contributed by atoms with Crippen LogP contribution < -0.4 is 0 Å². The van der Waals surface area contributed by atoms with E-state index in [2.05, 4.69) is 0 Å². The van der Waals surface area contributed by atoms with Crippen molar-refractivity contribution in [2.45, 2.75) is 56.7 Å². The molecule has 0 aromatic rings. The summed E-state index contributed by atoms with van der Waals surface area (Å²) in [6, 6.07) is 0. The Hall–Kier alpha value is -0.430. The van der Waals surface area contributed by atoms with Gasteiger partial charge in [0.05, 0.1) is 12.7 Å². The fourth-order valence-corrected chi connectivity index (χ4v) is 1.85. The van der Waals surface area contributed by atoms with Gasteiger partial charge < -0.3 is 9.47 Å². The van der Waals surface area contributed by atoms with E-state index in [1.165, 1.54) is 0 Å². The van der Waals surface area contributed by atoms with Crippen LogP contribution in [-0.4, -0.2) is 38.0 Å². The third-order valence-electron chi connectivity index (χ3n) is 3.02. The molecule has 0 aromatic heterocycles. The van der Waals surface area contributed by atoms with Crippen molar-refractivity contribution in [1.82, 2.24) is 0 Å². The van der Waals surface area contributed by atoms with E-state index in [-0.39, 0.29) is 25.6 Å². The first-order chi connectivity index (χ1) is 8.83. The van der Waals surface area contributed by atoms with Gasteiger partial charge in [-0.1, -0.05) is 0 Å². The van der Waals surface area contributed by atoms with Crippen LogP contribution in [0.1, 0.15) is 38.5 Å². The summed E-state index contributed by atoms with van der Waals surface area (Å²) in [6.07, 6.45) is -3.61. The lowest BCUT2D eigenvalue weighted by Gasteiger charge is -2.22. The van der Waals surface area contributed by atoms with Crippen LogP contribution in [-0.2, 0) is 9.47 Å². The van der Waals surface area contributed by atoms with Gasteiger partial charge in [-0.25, -0.2) is 0 Å². The molecule has 0 N–H and O–H groups in total. The molecule has 7 heteroatoms. The Kier molecular flexibility index (Phi) is 6.46. The first kappa shape index (κ1) is 16.6. The van der Waals surface area contributed by atoms with E-state index < -0.39 is 18.5 Å². The highest BCUT2D eigenvalue weighted by atomic mass is 19.4. The van der Waals surface area contributed by atoms with Gasteiger partial charge in [0.15, 0.2) is 0 Å². The zero-order valence-corrected chi connectivity index (χ0v) is 10.6. The highest BCUT2D eigenvalue weighted by Crippen LogP contribution is 2.39. The molecule has 0 spiro atoms. The number of rotatable bonds is 7. The maximum absolute atomic E-state index is 12.5. The largest absolute Gasteiger partial charge is 0.453 e. The molecule has 1 aliphatic heterocycles. The molecule has 0 bridgehead atoms. The minimum Gasteiger partial charge on any atom is -0.379 e. The molecule has 1 heterocycles. The van der Waals surface area contributed by atoms with Crippen LogP contribution in [0.4, 0.5) is 22.0 Å². The first-order valence-corrected chi connectivity index (χ1v) is 6.47. The molecule has 1 unspecified atom stereocenters. The summed E-state index contributed by atoms with van der Waals surface area (Å²) in [4.78, 5) is 0. The number of alkyl halides is 5. The van der Waals surface area contributed by atoms with Crippen molar-refractivity contribution in [3.05, 3.63) is 0 Å². The maximum atomic E-state index is 12.5. The monoisotopic (exact) mass is 290 g/mol. The van der Waals surface area contributed by atoms with Crippen molar-refractivity contribution in [2.24, 2.45) is 0 Å². The number of halogens is 5. The SMILES string of the molecule is FC(F)(F)C(F)(F)CCCCOCC1CCCCO1. The molecular formula is C12H19F5O2. The van der Waals surface area contributed by atoms with Gasteiger partial charge in [-0.05, 0) is 32.1 Å². The van der Waals surface area contributed by atoms with Crippen LogP contribution in [0.15, 0.2) is 0 Å². The van der Waals surface area contributed by atoms with Gasteiger partial charge in [-0.15, -0.1) is 0 Å². The van der Waals surface area contributed by atoms with E-state index in [0.717, 1.165) is 19.3 Å². The summed E-state index contributed by atoms with van der Waals surface area (Å²) in [5.41, 5.74) is 0. The second-order valence-electron chi connectivity index (χ2n) is 4.72. The van der Waals surface area contributed by atoms with Crippen molar-refractivity contribution in [1.29, 1.82) is 0 Å². The van der Waals surface area contributed by atoms with E-state index in [0.29, 0.717) is 13.2 Å². The van der Waals surface area contributed by atoms with Crippen molar-refractivity contribution < 1.29 is 31.4 Å². The summed E-state index contributed by atoms with van der Waals surface area (Å²) >= 11 is 0. The zero-order chi connectivity index (χ0) is 14.4. The average Bonchev–Trinajstić information content (AvgIpc) is 2.33. The highest BCUT2D eigenvalue weighted by molar-refractivity contribution is 4.75. The Balaban J connectivity index is 2.02. The Morgan fingerprint density at radius 2 is 1.79 bits per heavy atom. The van der Waals surface area contributed by atoms with Crippen molar-refractivity contribution in [3.8, 4) is 0 Å². The fourth-order valence-electron chi connectivity index (χ4n) is 1.85.